The van der Waals surface area contributed by atoms with Gasteiger partial charge in [0.25, 0.3) is 0 Å². The van der Waals surface area contributed by atoms with E-state index >= 15 is 0 Å². The molecule has 96 valence electrons. The second-order valence-corrected chi connectivity index (χ2v) is 4.67. The summed E-state index contributed by atoms with van der Waals surface area (Å²) in [6.07, 6.45) is 1.09. The molecule has 0 bridgehead atoms. The molecular formula is C13H17FN4. The molecule has 4 nitrogen and oxygen atoms in total. The first kappa shape index (κ1) is 11.5. The summed E-state index contributed by atoms with van der Waals surface area (Å²) >= 11 is 0. The minimum Gasteiger partial charge on any atom is -0.341 e. The Morgan fingerprint density at radius 3 is 3.00 bits per heavy atom. The summed E-state index contributed by atoms with van der Waals surface area (Å²) in [5, 5.41) is 3.36. The average molecular weight is 248 g/mol. The van der Waals surface area contributed by atoms with Crippen molar-refractivity contribution in [2.24, 2.45) is 7.05 Å². The highest BCUT2D eigenvalue weighted by molar-refractivity contribution is 5.79. The highest BCUT2D eigenvalue weighted by Crippen LogP contribution is 2.23. The molecule has 1 aliphatic heterocycles. The Morgan fingerprint density at radius 2 is 2.17 bits per heavy atom. The molecule has 0 atom stereocenters. The zero-order valence-electron chi connectivity index (χ0n) is 10.5. The SMILES string of the molecule is Cn1c(N2CCCNCC2)nc2c(F)cccc21. The van der Waals surface area contributed by atoms with Crippen LogP contribution in [0.2, 0.25) is 0 Å². The van der Waals surface area contributed by atoms with Crippen molar-refractivity contribution in [3.05, 3.63) is 24.0 Å². The summed E-state index contributed by atoms with van der Waals surface area (Å²) in [6, 6.07) is 5.10. The van der Waals surface area contributed by atoms with Crippen molar-refractivity contribution in [3.63, 3.8) is 0 Å². The molecular weight excluding hydrogens is 231 g/mol. The molecule has 2 aromatic rings. The van der Waals surface area contributed by atoms with E-state index in [0.717, 1.165) is 44.1 Å². The lowest BCUT2D eigenvalue weighted by Crippen LogP contribution is -2.29. The molecule has 5 heteroatoms. The van der Waals surface area contributed by atoms with Crippen molar-refractivity contribution < 1.29 is 4.39 Å². The molecule has 18 heavy (non-hydrogen) atoms. The number of imidazole rings is 1. The van der Waals surface area contributed by atoms with E-state index in [9.17, 15) is 4.39 Å². The fourth-order valence-electron chi connectivity index (χ4n) is 2.50. The van der Waals surface area contributed by atoms with Gasteiger partial charge in [-0.05, 0) is 25.1 Å². The predicted molar refractivity (Wildman–Crippen MR) is 70.4 cm³/mol. The lowest BCUT2D eigenvalue weighted by molar-refractivity contribution is 0.637. The van der Waals surface area contributed by atoms with E-state index in [2.05, 4.69) is 15.2 Å². The number of hydrogen-bond donors (Lipinski definition) is 1. The van der Waals surface area contributed by atoms with E-state index in [1.54, 1.807) is 6.07 Å². The topological polar surface area (TPSA) is 33.1 Å². The number of nitrogens with zero attached hydrogens (tertiary/aromatic N) is 3. The highest BCUT2D eigenvalue weighted by atomic mass is 19.1. The van der Waals surface area contributed by atoms with Crippen LogP contribution in [0, 0.1) is 5.82 Å². The van der Waals surface area contributed by atoms with E-state index < -0.39 is 0 Å². The van der Waals surface area contributed by atoms with Crippen LogP contribution in [0.25, 0.3) is 11.0 Å². The van der Waals surface area contributed by atoms with Gasteiger partial charge in [-0.1, -0.05) is 6.07 Å². The zero-order valence-corrected chi connectivity index (χ0v) is 10.5. The lowest BCUT2D eigenvalue weighted by atomic mass is 10.3. The number of rotatable bonds is 1. The third-order valence-electron chi connectivity index (χ3n) is 3.46. The fourth-order valence-corrected chi connectivity index (χ4v) is 2.50. The first-order chi connectivity index (χ1) is 8.77. The summed E-state index contributed by atoms with van der Waals surface area (Å²) in [4.78, 5) is 6.68. The molecule has 1 fully saturated rings. The molecule has 0 saturated carbocycles. The third kappa shape index (κ3) is 1.84. The number of nitrogens with one attached hydrogen (secondary N) is 1. The zero-order chi connectivity index (χ0) is 12.5. The Balaban J connectivity index is 2.06. The summed E-state index contributed by atoms with van der Waals surface area (Å²) in [5.41, 5.74) is 1.31. The van der Waals surface area contributed by atoms with Crippen molar-refractivity contribution in [3.8, 4) is 0 Å². The Kier molecular flexibility index (Phi) is 2.91. The van der Waals surface area contributed by atoms with Crippen LogP contribution in [0.1, 0.15) is 6.42 Å². The number of halogens is 1. The molecule has 0 spiro atoms. The van der Waals surface area contributed by atoms with Crippen LogP contribution in [0.15, 0.2) is 18.2 Å². The third-order valence-corrected chi connectivity index (χ3v) is 3.46. The van der Waals surface area contributed by atoms with E-state index in [1.165, 1.54) is 6.07 Å². The maximum Gasteiger partial charge on any atom is 0.206 e. The van der Waals surface area contributed by atoms with E-state index in [-0.39, 0.29) is 5.82 Å². The van der Waals surface area contributed by atoms with Crippen LogP contribution < -0.4 is 10.2 Å². The second kappa shape index (κ2) is 4.57. The molecule has 0 unspecified atom stereocenters. The number of aromatic nitrogens is 2. The summed E-state index contributed by atoms with van der Waals surface area (Å²) in [5.74, 6) is 0.612. The van der Waals surface area contributed by atoms with Crippen molar-refractivity contribution in [1.82, 2.24) is 14.9 Å². The Morgan fingerprint density at radius 1 is 1.28 bits per heavy atom. The molecule has 0 aliphatic carbocycles. The number of aryl methyl sites for hydroxylation is 1. The second-order valence-electron chi connectivity index (χ2n) is 4.67. The monoisotopic (exact) mass is 248 g/mol. The van der Waals surface area contributed by atoms with Crippen molar-refractivity contribution in [2.75, 3.05) is 31.1 Å². The predicted octanol–water partition coefficient (Wildman–Crippen LogP) is 1.51. The van der Waals surface area contributed by atoms with Crippen LogP contribution in [0.3, 0.4) is 0 Å². The molecule has 1 aliphatic rings. The smallest absolute Gasteiger partial charge is 0.206 e. The Hall–Kier alpha value is -1.62. The van der Waals surface area contributed by atoms with Crippen LogP contribution in [-0.2, 0) is 7.05 Å². The molecule has 0 amide bonds. The summed E-state index contributed by atoms with van der Waals surface area (Å²) < 4.78 is 15.7. The normalized spacial score (nSPS) is 17.1. The van der Waals surface area contributed by atoms with Crippen molar-refractivity contribution in [2.45, 2.75) is 6.42 Å². The lowest BCUT2D eigenvalue weighted by Gasteiger charge is -2.20. The Labute approximate surface area is 105 Å². The fraction of sp³-hybridized carbons (Fsp3) is 0.462. The highest BCUT2D eigenvalue weighted by Gasteiger charge is 2.17. The van der Waals surface area contributed by atoms with Crippen LogP contribution in [0.4, 0.5) is 10.3 Å². The van der Waals surface area contributed by atoms with Gasteiger partial charge in [-0.2, -0.15) is 0 Å². The maximum atomic E-state index is 13.7. The maximum absolute atomic E-state index is 13.7. The number of anilines is 1. The number of para-hydroxylation sites is 1. The standard InChI is InChI=1S/C13H17FN4/c1-17-11-5-2-4-10(14)12(11)16-13(17)18-8-3-6-15-7-9-18/h2,4-5,15H,3,6-9H2,1H3. The number of benzene rings is 1. The molecule has 1 saturated heterocycles. The molecule has 1 aromatic carbocycles. The first-order valence-corrected chi connectivity index (χ1v) is 6.34. The van der Waals surface area contributed by atoms with Gasteiger partial charge in [-0.25, -0.2) is 9.37 Å². The van der Waals surface area contributed by atoms with Crippen LogP contribution in [0.5, 0.6) is 0 Å². The van der Waals surface area contributed by atoms with Gasteiger partial charge in [0.2, 0.25) is 5.95 Å². The quantitative estimate of drug-likeness (QED) is 0.830. The van der Waals surface area contributed by atoms with E-state index in [4.69, 9.17) is 0 Å². The number of fused-ring (bicyclic) bond motifs is 1. The van der Waals surface area contributed by atoms with Crippen molar-refractivity contribution in [1.29, 1.82) is 0 Å². The molecule has 3 rings (SSSR count). The van der Waals surface area contributed by atoms with Gasteiger partial charge >= 0.3 is 0 Å². The largest absolute Gasteiger partial charge is 0.341 e. The van der Waals surface area contributed by atoms with Gasteiger partial charge < -0.3 is 14.8 Å². The van der Waals surface area contributed by atoms with Crippen LogP contribution >= 0.6 is 0 Å². The average Bonchev–Trinajstić information content (AvgIpc) is 2.57. The minimum absolute atomic E-state index is 0.248. The van der Waals surface area contributed by atoms with Gasteiger partial charge in [0.1, 0.15) is 5.52 Å². The van der Waals surface area contributed by atoms with Crippen molar-refractivity contribution >= 4 is 17.0 Å². The molecule has 0 radical (unpaired) electrons. The number of hydrogen-bond acceptors (Lipinski definition) is 3. The minimum atomic E-state index is -0.248. The van der Waals surface area contributed by atoms with Gasteiger partial charge in [0.05, 0.1) is 5.52 Å². The summed E-state index contributed by atoms with van der Waals surface area (Å²) in [7, 11) is 1.95. The molecule has 1 N–H and O–H groups in total. The molecule has 2 heterocycles. The Bertz CT molecular complexity index is 555. The van der Waals surface area contributed by atoms with Gasteiger partial charge in [-0.3, -0.25) is 0 Å². The van der Waals surface area contributed by atoms with Gasteiger partial charge in [-0.15, -0.1) is 0 Å². The molecule has 1 aromatic heterocycles. The van der Waals surface area contributed by atoms with E-state index in [1.807, 2.05) is 17.7 Å². The van der Waals surface area contributed by atoms with Gasteiger partial charge in [0, 0.05) is 26.7 Å². The van der Waals surface area contributed by atoms with Crippen LogP contribution in [-0.4, -0.2) is 35.7 Å². The first-order valence-electron chi connectivity index (χ1n) is 6.34. The summed E-state index contributed by atoms with van der Waals surface area (Å²) in [6.45, 7) is 3.87. The van der Waals surface area contributed by atoms with Gasteiger partial charge in [0.15, 0.2) is 5.82 Å². The van der Waals surface area contributed by atoms with E-state index in [0.29, 0.717) is 5.52 Å².